The fourth-order valence-corrected chi connectivity index (χ4v) is 2.67. The predicted molar refractivity (Wildman–Crippen MR) is 86.1 cm³/mol. The van der Waals surface area contributed by atoms with E-state index >= 15 is 0 Å². The van der Waals surface area contributed by atoms with Gasteiger partial charge in [0.1, 0.15) is 10.7 Å². The van der Waals surface area contributed by atoms with Crippen LogP contribution in [0.15, 0.2) is 6.07 Å². The first-order valence-electron chi connectivity index (χ1n) is 7.01. The van der Waals surface area contributed by atoms with E-state index in [1.807, 2.05) is 20.0 Å². The van der Waals surface area contributed by atoms with Gasteiger partial charge in [0, 0.05) is 19.3 Å². The predicted octanol–water partition coefficient (Wildman–Crippen LogP) is 1.20. The van der Waals surface area contributed by atoms with Crippen molar-refractivity contribution >= 4 is 23.2 Å². The topological polar surface area (TPSA) is 58.3 Å². The number of thiocarbonyl (C=S) groups is 1. The quantitative estimate of drug-likeness (QED) is 0.842. The molecule has 0 saturated carbocycles. The number of hydrogen-bond donors (Lipinski definition) is 1. The molecule has 0 atom stereocenters. The molecule has 2 heterocycles. The van der Waals surface area contributed by atoms with E-state index in [4.69, 9.17) is 18.0 Å². The molecule has 0 aromatic carbocycles. The van der Waals surface area contributed by atoms with Gasteiger partial charge in [0.25, 0.3) is 0 Å². The van der Waals surface area contributed by atoms with Crippen LogP contribution in [0.2, 0.25) is 0 Å². The first-order valence-corrected chi connectivity index (χ1v) is 7.41. The Morgan fingerprint density at radius 2 is 2.10 bits per heavy atom. The minimum Gasteiger partial charge on any atom is -0.388 e. The van der Waals surface area contributed by atoms with E-state index in [9.17, 15) is 0 Å². The lowest BCUT2D eigenvalue weighted by Crippen LogP contribution is -2.36. The van der Waals surface area contributed by atoms with E-state index in [0.717, 1.165) is 12.2 Å². The lowest BCUT2D eigenvalue weighted by atomic mass is 9.97. The van der Waals surface area contributed by atoms with Crippen LogP contribution in [0.1, 0.15) is 24.2 Å². The summed E-state index contributed by atoms with van der Waals surface area (Å²) in [6, 6.07) is 1.83. The molecule has 2 N–H and O–H groups in total. The van der Waals surface area contributed by atoms with Gasteiger partial charge in [-0.2, -0.15) is 0 Å². The monoisotopic (exact) mass is 293 g/mol. The van der Waals surface area contributed by atoms with Crippen LogP contribution < -0.4 is 10.6 Å². The minimum absolute atomic E-state index is 0.324. The molecule has 1 aromatic heterocycles. The van der Waals surface area contributed by atoms with Crippen LogP contribution in [0, 0.1) is 12.8 Å². The van der Waals surface area contributed by atoms with Crippen LogP contribution in [0.5, 0.6) is 0 Å². The van der Waals surface area contributed by atoms with E-state index < -0.39 is 0 Å². The maximum Gasteiger partial charge on any atom is 0.225 e. The number of nitrogens with two attached hydrogens (primary N) is 1. The molecule has 1 saturated heterocycles. The van der Waals surface area contributed by atoms with Gasteiger partial charge in [-0.15, -0.1) is 0 Å². The Hall–Kier alpha value is -1.27. The van der Waals surface area contributed by atoms with Crippen molar-refractivity contribution in [3.8, 4) is 0 Å². The van der Waals surface area contributed by atoms with Gasteiger partial charge in [0.15, 0.2) is 0 Å². The number of piperidine rings is 1. The Balaban J connectivity index is 2.05. The van der Waals surface area contributed by atoms with Gasteiger partial charge in [-0.25, -0.2) is 9.97 Å². The Kier molecular flexibility index (Phi) is 4.88. The maximum absolute atomic E-state index is 5.67. The molecule has 0 radical (unpaired) electrons. The summed E-state index contributed by atoms with van der Waals surface area (Å²) in [4.78, 5) is 13.8. The van der Waals surface area contributed by atoms with Gasteiger partial charge >= 0.3 is 0 Å². The number of anilines is 1. The summed E-state index contributed by atoms with van der Waals surface area (Å²) in [6.45, 7) is 5.26. The van der Waals surface area contributed by atoms with Gasteiger partial charge in [0.2, 0.25) is 5.95 Å². The van der Waals surface area contributed by atoms with Crippen molar-refractivity contribution in [1.82, 2.24) is 14.9 Å². The van der Waals surface area contributed by atoms with Gasteiger partial charge in [-0.3, -0.25) is 0 Å². The first-order chi connectivity index (χ1) is 9.45. The van der Waals surface area contributed by atoms with Crippen LogP contribution in [0.4, 0.5) is 5.95 Å². The summed E-state index contributed by atoms with van der Waals surface area (Å²) < 4.78 is 0. The van der Waals surface area contributed by atoms with E-state index in [2.05, 4.69) is 26.8 Å². The highest BCUT2D eigenvalue weighted by molar-refractivity contribution is 7.80. The molecule has 6 heteroatoms. The van der Waals surface area contributed by atoms with Gasteiger partial charge in [-0.1, -0.05) is 12.2 Å². The van der Waals surface area contributed by atoms with Crippen molar-refractivity contribution in [1.29, 1.82) is 0 Å². The molecular weight excluding hydrogens is 270 g/mol. The largest absolute Gasteiger partial charge is 0.388 e. The number of nitrogens with zero attached hydrogens (tertiary/aromatic N) is 4. The van der Waals surface area contributed by atoms with E-state index in [0.29, 0.717) is 22.5 Å². The smallest absolute Gasteiger partial charge is 0.225 e. The van der Waals surface area contributed by atoms with Crippen LogP contribution in [0.3, 0.4) is 0 Å². The van der Waals surface area contributed by atoms with Crippen LogP contribution in [0.25, 0.3) is 0 Å². The van der Waals surface area contributed by atoms with E-state index in [-0.39, 0.29) is 0 Å². The molecule has 2 rings (SSSR count). The van der Waals surface area contributed by atoms with Gasteiger partial charge < -0.3 is 15.5 Å². The maximum atomic E-state index is 5.67. The van der Waals surface area contributed by atoms with Gasteiger partial charge in [0.05, 0.1) is 0 Å². The van der Waals surface area contributed by atoms with Crippen LogP contribution in [-0.4, -0.2) is 53.6 Å². The second-order valence-electron chi connectivity index (χ2n) is 5.69. The summed E-state index contributed by atoms with van der Waals surface area (Å²) >= 11 is 5.01. The summed E-state index contributed by atoms with van der Waals surface area (Å²) in [6.07, 6.45) is 2.46. The first kappa shape index (κ1) is 15.1. The van der Waals surface area contributed by atoms with Crippen molar-refractivity contribution in [3.05, 3.63) is 17.5 Å². The Morgan fingerprint density at radius 1 is 1.45 bits per heavy atom. The highest BCUT2D eigenvalue weighted by Gasteiger charge is 2.19. The fraction of sp³-hybridized carbons (Fsp3) is 0.643. The Bertz CT molecular complexity index is 482. The molecule has 110 valence electrons. The molecule has 0 aliphatic carbocycles. The second-order valence-corrected chi connectivity index (χ2v) is 6.13. The third-order valence-corrected chi connectivity index (χ3v) is 4.02. The lowest BCUT2D eigenvalue weighted by Gasteiger charge is -2.31. The average molecular weight is 293 g/mol. The molecule has 1 aromatic rings. The molecule has 0 amide bonds. The molecule has 1 aliphatic heterocycles. The number of likely N-dealkylation sites (tertiary alicyclic amines) is 1. The second kappa shape index (κ2) is 6.45. The number of hydrogen-bond acceptors (Lipinski definition) is 5. The minimum atomic E-state index is 0.324. The van der Waals surface area contributed by atoms with Crippen molar-refractivity contribution < 1.29 is 0 Å². The normalized spacial score (nSPS) is 17.1. The molecular formula is C14H23N5S. The van der Waals surface area contributed by atoms with Crippen molar-refractivity contribution in [3.63, 3.8) is 0 Å². The zero-order valence-electron chi connectivity index (χ0n) is 12.5. The standard InChI is InChI=1S/C14H23N5S/c1-10-8-12(13(15)20)17-14(16-10)19(3)9-11-4-6-18(2)7-5-11/h8,11H,4-7,9H2,1-3H3,(H2,15,20). The summed E-state index contributed by atoms with van der Waals surface area (Å²) in [5.41, 5.74) is 7.22. The molecule has 5 nitrogen and oxygen atoms in total. The fourth-order valence-electron chi connectivity index (χ4n) is 2.56. The molecule has 20 heavy (non-hydrogen) atoms. The third kappa shape index (κ3) is 3.86. The third-order valence-electron chi connectivity index (χ3n) is 3.81. The van der Waals surface area contributed by atoms with Crippen molar-refractivity contribution in [2.24, 2.45) is 11.7 Å². The summed E-state index contributed by atoms with van der Waals surface area (Å²) in [5, 5.41) is 0. The highest BCUT2D eigenvalue weighted by atomic mass is 32.1. The molecule has 1 fully saturated rings. The average Bonchev–Trinajstić information content (AvgIpc) is 2.40. The molecule has 1 aliphatic rings. The molecule has 0 bridgehead atoms. The molecule has 0 spiro atoms. The van der Waals surface area contributed by atoms with E-state index in [1.54, 1.807) is 0 Å². The van der Waals surface area contributed by atoms with Gasteiger partial charge in [-0.05, 0) is 51.9 Å². The number of aromatic nitrogens is 2. The number of aryl methyl sites for hydroxylation is 1. The van der Waals surface area contributed by atoms with Crippen molar-refractivity contribution in [2.75, 3.05) is 38.6 Å². The summed E-state index contributed by atoms with van der Waals surface area (Å²) in [7, 11) is 4.22. The zero-order chi connectivity index (χ0) is 14.7. The SMILES string of the molecule is Cc1cc(C(N)=S)nc(N(C)CC2CCN(C)CC2)n1. The molecule has 0 unspecified atom stereocenters. The van der Waals surface area contributed by atoms with Crippen LogP contribution >= 0.6 is 12.2 Å². The Labute approximate surface area is 126 Å². The highest BCUT2D eigenvalue weighted by Crippen LogP contribution is 2.19. The van der Waals surface area contributed by atoms with Crippen LogP contribution in [-0.2, 0) is 0 Å². The van der Waals surface area contributed by atoms with E-state index in [1.165, 1.54) is 25.9 Å². The number of rotatable bonds is 4. The lowest BCUT2D eigenvalue weighted by molar-refractivity contribution is 0.222. The Morgan fingerprint density at radius 3 is 2.70 bits per heavy atom. The zero-order valence-corrected chi connectivity index (χ0v) is 13.3. The van der Waals surface area contributed by atoms with Crippen molar-refractivity contribution in [2.45, 2.75) is 19.8 Å². The summed E-state index contributed by atoms with van der Waals surface area (Å²) in [5.74, 6) is 1.42.